The molecule has 2 aliphatic carbocycles. The molecule has 3 aliphatic rings. The number of ether oxygens (including phenoxy) is 1. The third kappa shape index (κ3) is 3.14. The topological polar surface area (TPSA) is 55.6 Å². The van der Waals surface area contributed by atoms with Gasteiger partial charge < -0.3 is 14.2 Å². The zero-order valence-corrected chi connectivity index (χ0v) is 17.2. The van der Waals surface area contributed by atoms with E-state index in [4.69, 9.17) is 32.5 Å². The molecule has 1 saturated heterocycles. The molecule has 0 spiro atoms. The van der Waals surface area contributed by atoms with Crippen LogP contribution in [0.25, 0.3) is 11.3 Å². The van der Waals surface area contributed by atoms with E-state index in [9.17, 15) is 4.79 Å². The third-order valence-corrected chi connectivity index (χ3v) is 6.92. The fourth-order valence-electron chi connectivity index (χ4n) is 4.73. The number of aromatic nitrogens is 1. The molecule has 1 amide bonds. The maximum atomic E-state index is 11.7. The van der Waals surface area contributed by atoms with Gasteiger partial charge in [0.15, 0.2) is 0 Å². The van der Waals surface area contributed by atoms with Crippen LogP contribution in [0.1, 0.15) is 49.8 Å². The highest BCUT2D eigenvalue weighted by atomic mass is 35.5. The lowest BCUT2D eigenvalue weighted by molar-refractivity contribution is -0.132. The molecular weight excluding hydrogens is 399 g/mol. The van der Waals surface area contributed by atoms with Crippen molar-refractivity contribution < 1.29 is 14.1 Å². The second-order valence-electron chi connectivity index (χ2n) is 8.15. The third-order valence-electron chi connectivity index (χ3n) is 6.29. The monoisotopic (exact) mass is 420 g/mol. The molecule has 3 fully saturated rings. The van der Waals surface area contributed by atoms with E-state index < -0.39 is 0 Å². The van der Waals surface area contributed by atoms with Crippen LogP contribution in [-0.2, 0) is 16.1 Å². The zero-order valence-electron chi connectivity index (χ0n) is 15.7. The van der Waals surface area contributed by atoms with Gasteiger partial charge in [-0.3, -0.25) is 4.79 Å². The van der Waals surface area contributed by atoms with Crippen LogP contribution in [0.5, 0.6) is 0 Å². The summed E-state index contributed by atoms with van der Waals surface area (Å²) in [5.41, 5.74) is 2.35. The van der Waals surface area contributed by atoms with Crippen molar-refractivity contribution in [2.24, 2.45) is 5.92 Å². The lowest BCUT2D eigenvalue weighted by Gasteiger charge is -2.30. The molecule has 7 heteroatoms. The van der Waals surface area contributed by atoms with Crippen LogP contribution in [0.3, 0.4) is 0 Å². The summed E-state index contributed by atoms with van der Waals surface area (Å²) in [5.74, 6) is 1.89. The normalized spacial score (nSPS) is 26.2. The van der Waals surface area contributed by atoms with Crippen LogP contribution in [0, 0.1) is 5.92 Å². The quantitative estimate of drug-likeness (QED) is 0.678. The summed E-state index contributed by atoms with van der Waals surface area (Å²) in [6, 6.07) is 5.76. The van der Waals surface area contributed by atoms with Crippen LogP contribution in [0.4, 0.5) is 0 Å². The van der Waals surface area contributed by atoms with Gasteiger partial charge in [0, 0.05) is 42.5 Å². The van der Waals surface area contributed by atoms with Crippen molar-refractivity contribution in [3.8, 4) is 11.3 Å². The Morgan fingerprint density at radius 1 is 1.29 bits per heavy atom. The number of carbonyl (C=O) groups is 1. The van der Waals surface area contributed by atoms with Crippen molar-refractivity contribution in [2.75, 3.05) is 6.54 Å². The number of hydrogen-bond acceptors (Lipinski definition) is 4. The lowest BCUT2D eigenvalue weighted by Crippen LogP contribution is -2.41. The van der Waals surface area contributed by atoms with Gasteiger partial charge in [0.05, 0.1) is 22.8 Å². The first-order valence-electron chi connectivity index (χ1n) is 9.84. The Balaban J connectivity index is 1.38. The molecule has 0 N–H and O–H groups in total. The molecular formula is C21H22Cl2N2O3. The highest BCUT2D eigenvalue weighted by Crippen LogP contribution is 2.47. The Morgan fingerprint density at radius 2 is 2.04 bits per heavy atom. The predicted molar refractivity (Wildman–Crippen MR) is 106 cm³/mol. The van der Waals surface area contributed by atoms with Crippen molar-refractivity contribution in [1.82, 2.24) is 10.1 Å². The van der Waals surface area contributed by atoms with E-state index in [0.717, 1.165) is 43.6 Å². The standard InChI is InChI=1S/C21H22Cl2N2O3/c1-11(26)25-9-13-7-14(25)8-18(13)27-10-15-20(24-28-21(15)12-5-6-12)19-16(22)3-2-4-17(19)23/h2-4,12-14,18H,5-10H2,1H3/t13-,14-,18+/m0/s1. The molecule has 1 aromatic heterocycles. The number of hydrogen-bond donors (Lipinski definition) is 0. The zero-order chi connectivity index (χ0) is 19.4. The van der Waals surface area contributed by atoms with Crippen LogP contribution in [0.15, 0.2) is 22.7 Å². The molecule has 5 rings (SSSR count). The summed E-state index contributed by atoms with van der Waals surface area (Å²) in [7, 11) is 0. The molecule has 5 nitrogen and oxygen atoms in total. The fourth-order valence-corrected chi connectivity index (χ4v) is 5.31. The number of rotatable bonds is 5. The maximum absolute atomic E-state index is 11.7. The number of nitrogens with zero attached hydrogens (tertiary/aromatic N) is 2. The molecule has 2 bridgehead atoms. The van der Waals surface area contributed by atoms with Gasteiger partial charge in [-0.2, -0.15) is 0 Å². The fraction of sp³-hybridized carbons (Fsp3) is 0.524. The van der Waals surface area contributed by atoms with Gasteiger partial charge in [-0.1, -0.05) is 34.4 Å². The molecule has 2 aromatic rings. The minimum atomic E-state index is 0.164. The van der Waals surface area contributed by atoms with E-state index in [1.165, 1.54) is 0 Å². The Labute approximate surface area is 173 Å². The smallest absolute Gasteiger partial charge is 0.219 e. The van der Waals surface area contributed by atoms with Gasteiger partial charge >= 0.3 is 0 Å². The van der Waals surface area contributed by atoms with E-state index in [1.807, 2.05) is 23.1 Å². The summed E-state index contributed by atoms with van der Waals surface area (Å²) in [6.07, 6.45) is 4.32. The Hall–Kier alpha value is -1.56. The first kappa shape index (κ1) is 18.5. The van der Waals surface area contributed by atoms with Gasteiger partial charge in [0.1, 0.15) is 11.5 Å². The maximum Gasteiger partial charge on any atom is 0.219 e. The van der Waals surface area contributed by atoms with E-state index >= 15 is 0 Å². The van der Waals surface area contributed by atoms with Crippen molar-refractivity contribution >= 4 is 29.1 Å². The molecule has 28 heavy (non-hydrogen) atoms. The van der Waals surface area contributed by atoms with E-state index in [2.05, 4.69) is 5.16 Å². The number of likely N-dealkylation sites (tertiary alicyclic amines) is 1. The van der Waals surface area contributed by atoms with Crippen LogP contribution >= 0.6 is 23.2 Å². The lowest BCUT2D eigenvalue weighted by atomic mass is 10.0. The van der Waals surface area contributed by atoms with E-state index in [1.54, 1.807) is 6.92 Å². The second-order valence-corrected chi connectivity index (χ2v) is 8.97. The SMILES string of the molecule is CC(=O)N1C[C@@H]2C[C@H]1C[C@H]2OCc1c(-c2c(Cl)cccc2Cl)noc1C1CC1. The number of halogens is 2. The largest absolute Gasteiger partial charge is 0.373 e. The van der Waals surface area contributed by atoms with Crippen molar-refractivity contribution in [1.29, 1.82) is 0 Å². The van der Waals surface area contributed by atoms with Gasteiger partial charge in [-0.15, -0.1) is 0 Å². The van der Waals surface area contributed by atoms with Crippen molar-refractivity contribution in [3.05, 3.63) is 39.6 Å². The van der Waals surface area contributed by atoms with Crippen LogP contribution in [-0.4, -0.2) is 34.7 Å². The summed E-state index contributed by atoms with van der Waals surface area (Å²) in [6.45, 7) is 2.88. The summed E-state index contributed by atoms with van der Waals surface area (Å²) >= 11 is 12.8. The number of fused-ring (bicyclic) bond motifs is 2. The highest BCUT2D eigenvalue weighted by molar-refractivity contribution is 6.39. The van der Waals surface area contributed by atoms with Gasteiger partial charge in [0.2, 0.25) is 5.91 Å². The number of carbonyl (C=O) groups excluding carboxylic acids is 1. The Morgan fingerprint density at radius 3 is 2.64 bits per heavy atom. The predicted octanol–water partition coefficient (Wildman–Crippen LogP) is 5.05. The average Bonchev–Trinajstić information content (AvgIpc) is 3.11. The summed E-state index contributed by atoms with van der Waals surface area (Å²) in [4.78, 5) is 13.7. The Kier molecular flexibility index (Phi) is 4.65. The molecule has 0 unspecified atom stereocenters. The van der Waals surface area contributed by atoms with Gasteiger partial charge in [-0.25, -0.2) is 0 Å². The number of benzene rings is 1. The molecule has 2 heterocycles. The molecule has 0 radical (unpaired) electrons. The average molecular weight is 421 g/mol. The second kappa shape index (κ2) is 7.05. The van der Waals surface area contributed by atoms with E-state index in [-0.39, 0.29) is 12.0 Å². The highest BCUT2D eigenvalue weighted by Gasteiger charge is 2.46. The van der Waals surface area contributed by atoms with E-state index in [0.29, 0.717) is 45.8 Å². The minimum Gasteiger partial charge on any atom is -0.373 e. The number of amides is 1. The molecule has 1 aliphatic heterocycles. The molecule has 3 atom stereocenters. The molecule has 1 aromatic carbocycles. The first-order valence-corrected chi connectivity index (χ1v) is 10.6. The summed E-state index contributed by atoms with van der Waals surface area (Å²) < 4.78 is 12.1. The van der Waals surface area contributed by atoms with Gasteiger partial charge in [0.25, 0.3) is 0 Å². The number of piperidine rings is 1. The van der Waals surface area contributed by atoms with Crippen LogP contribution < -0.4 is 0 Å². The van der Waals surface area contributed by atoms with Crippen molar-refractivity contribution in [2.45, 2.75) is 57.3 Å². The minimum absolute atomic E-state index is 0.164. The Bertz CT molecular complexity index is 904. The van der Waals surface area contributed by atoms with Crippen molar-refractivity contribution in [3.63, 3.8) is 0 Å². The first-order chi connectivity index (χ1) is 13.5. The molecule has 148 valence electrons. The molecule has 2 saturated carbocycles. The van der Waals surface area contributed by atoms with Crippen LogP contribution in [0.2, 0.25) is 10.0 Å². The van der Waals surface area contributed by atoms with Gasteiger partial charge in [-0.05, 0) is 37.8 Å². The summed E-state index contributed by atoms with van der Waals surface area (Å²) in [5, 5.41) is 5.43.